The third kappa shape index (κ3) is 7.11. The van der Waals surface area contributed by atoms with Crippen LogP contribution in [0.3, 0.4) is 0 Å². The molecule has 0 aliphatic carbocycles. The van der Waals surface area contributed by atoms with Crippen molar-refractivity contribution in [3.8, 4) is 28.7 Å². The van der Waals surface area contributed by atoms with Crippen LogP contribution in [-0.2, 0) is 22.2 Å². The molecule has 1 aromatic heterocycles. The number of carboxylic acids is 1. The van der Waals surface area contributed by atoms with E-state index < -0.39 is 76.6 Å². The van der Waals surface area contributed by atoms with Crippen LogP contribution in [0.1, 0.15) is 57.4 Å². The normalized spacial score (nSPS) is 17.7. The maximum absolute atomic E-state index is 15.9. The maximum atomic E-state index is 15.9. The van der Waals surface area contributed by atoms with Crippen molar-refractivity contribution in [2.75, 3.05) is 19.6 Å². The monoisotopic (exact) mass is 724 g/mol. The topological polar surface area (TPSA) is 125 Å². The SMILES string of the molecule is Cc1cc2cc(c1F)[C@@H](CC(=O)O)NC(=O)[C@@H](n1cc(CCN3CC(F)C3)c(C(F)(F)F)cc1=O)c1cc(ccc1F)Oc1cc(C#N)cc(C)c1-2. The number of aryl methyl sites for hydroxylation is 2. The van der Waals surface area contributed by atoms with Crippen LogP contribution in [0.2, 0.25) is 0 Å². The lowest BCUT2D eigenvalue weighted by Gasteiger charge is -2.34. The summed E-state index contributed by atoms with van der Waals surface area (Å²) in [6.45, 7) is 3.07. The summed E-state index contributed by atoms with van der Waals surface area (Å²) in [4.78, 5) is 41.5. The number of pyridine rings is 1. The van der Waals surface area contributed by atoms with E-state index in [2.05, 4.69) is 5.32 Å². The van der Waals surface area contributed by atoms with Crippen LogP contribution in [0.25, 0.3) is 11.1 Å². The van der Waals surface area contributed by atoms with Crippen molar-refractivity contribution in [2.45, 2.75) is 51.1 Å². The number of nitrogens with zero attached hydrogens (tertiary/aromatic N) is 3. The van der Waals surface area contributed by atoms with Gasteiger partial charge in [-0.25, -0.2) is 13.2 Å². The van der Waals surface area contributed by atoms with E-state index in [1.54, 1.807) is 17.9 Å². The van der Waals surface area contributed by atoms with Gasteiger partial charge in [0, 0.05) is 48.6 Å². The van der Waals surface area contributed by atoms with Crippen molar-refractivity contribution in [2.24, 2.45) is 0 Å². The Hall–Kier alpha value is -5.62. The Bertz CT molecular complexity index is 2210. The Labute approximate surface area is 292 Å². The standard InChI is InChI=1S/C37H30F6N4O5/c1-18-7-20(14-44)9-30-33(18)22-8-19(2)34(40)26(10-22)29(13-32(49)50)45-36(51)35(25-11-24(52-30)3-4-28(25)39)47-15-21(5-6-46-16-23(38)17-46)27(12-31(47)48)37(41,42)43/h3-4,7-12,15,23,29,35H,5-6,13,16-17H2,1-2H3,(H,45,51)(H,49,50)/t29-,35+/m1/s1. The van der Waals surface area contributed by atoms with Crippen LogP contribution >= 0.6 is 0 Å². The van der Waals surface area contributed by atoms with Crippen LogP contribution < -0.4 is 15.6 Å². The van der Waals surface area contributed by atoms with Crippen LogP contribution in [0.4, 0.5) is 26.3 Å². The summed E-state index contributed by atoms with van der Waals surface area (Å²) in [5, 5.41) is 22.0. The van der Waals surface area contributed by atoms with Crippen molar-refractivity contribution in [3.63, 3.8) is 0 Å². The molecule has 270 valence electrons. The number of carbonyl (C=O) groups excluding carboxylic acids is 1. The van der Waals surface area contributed by atoms with E-state index in [-0.39, 0.29) is 60.3 Å². The zero-order valence-electron chi connectivity index (χ0n) is 27.7. The fraction of sp³-hybridized carbons (Fsp3) is 0.297. The van der Waals surface area contributed by atoms with Crippen molar-refractivity contribution in [1.82, 2.24) is 14.8 Å². The second-order valence-electron chi connectivity index (χ2n) is 12.9. The molecule has 9 nitrogen and oxygen atoms in total. The number of carboxylic acid groups (broad SMARTS) is 1. The Morgan fingerprint density at radius 1 is 1.04 bits per heavy atom. The number of rotatable bonds is 6. The predicted octanol–water partition coefficient (Wildman–Crippen LogP) is 6.52. The number of nitriles is 1. The van der Waals surface area contributed by atoms with Gasteiger partial charge in [0.1, 0.15) is 35.3 Å². The van der Waals surface area contributed by atoms with E-state index in [1.807, 2.05) is 6.07 Å². The first-order valence-corrected chi connectivity index (χ1v) is 16.1. The highest BCUT2D eigenvalue weighted by Crippen LogP contribution is 2.41. The lowest BCUT2D eigenvalue weighted by atomic mass is 9.91. The number of amides is 1. The first kappa shape index (κ1) is 36.2. The molecule has 0 spiro atoms. The molecule has 2 aliphatic heterocycles. The first-order valence-electron chi connectivity index (χ1n) is 16.1. The molecule has 6 rings (SSSR count). The summed E-state index contributed by atoms with van der Waals surface area (Å²) in [7, 11) is 0. The van der Waals surface area contributed by atoms with E-state index in [1.165, 1.54) is 31.2 Å². The number of hydrogen-bond donors (Lipinski definition) is 2. The van der Waals surface area contributed by atoms with Gasteiger partial charge in [0.25, 0.3) is 5.56 Å². The van der Waals surface area contributed by atoms with Gasteiger partial charge in [0.05, 0.1) is 29.7 Å². The van der Waals surface area contributed by atoms with Crippen LogP contribution in [0.5, 0.6) is 11.5 Å². The van der Waals surface area contributed by atoms with E-state index in [0.29, 0.717) is 21.3 Å². The van der Waals surface area contributed by atoms with Gasteiger partial charge in [-0.2, -0.15) is 18.4 Å². The third-order valence-corrected chi connectivity index (χ3v) is 9.17. The molecule has 0 saturated carbocycles. The molecule has 1 amide bonds. The van der Waals surface area contributed by atoms with Gasteiger partial charge < -0.3 is 15.2 Å². The molecule has 15 heteroatoms. The molecular formula is C37H30F6N4O5. The van der Waals surface area contributed by atoms with Crippen molar-refractivity contribution in [1.29, 1.82) is 5.26 Å². The summed E-state index contributed by atoms with van der Waals surface area (Å²) in [6, 6.07) is 7.50. The van der Waals surface area contributed by atoms with Gasteiger partial charge in [-0.1, -0.05) is 0 Å². The number of alkyl halides is 4. The van der Waals surface area contributed by atoms with Crippen molar-refractivity contribution < 1.29 is 45.8 Å². The number of benzene rings is 3. The molecule has 1 fully saturated rings. The summed E-state index contributed by atoms with van der Waals surface area (Å²) >= 11 is 0. The maximum Gasteiger partial charge on any atom is 0.416 e. The van der Waals surface area contributed by atoms with Gasteiger partial charge >= 0.3 is 12.1 Å². The average Bonchev–Trinajstić information content (AvgIpc) is 3.05. The van der Waals surface area contributed by atoms with Gasteiger partial charge in [-0.05, 0) is 85.0 Å². The van der Waals surface area contributed by atoms with Gasteiger partial charge in [0.2, 0.25) is 5.91 Å². The number of aromatic nitrogens is 1. The lowest BCUT2D eigenvalue weighted by Crippen LogP contribution is -2.49. The highest BCUT2D eigenvalue weighted by atomic mass is 19.4. The summed E-state index contributed by atoms with van der Waals surface area (Å²) < 4.78 is 94.6. The van der Waals surface area contributed by atoms with Gasteiger partial charge in [0.15, 0.2) is 0 Å². The molecule has 2 N–H and O–H groups in total. The smallest absolute Gasteiger partial charge is 0.416 e. The Kier molecular flexibility index (Phi) is 9.63. The molecule has 2 aliphatic rings. The van der Waals surface area contributed by atoms with E-state index in [9.17, 15) is 42.3 Å². The number of aliphatic carboxylic acids is 1. The zero-order valence-corrected chi connectivity index (χ0v) is 27.7. The highest BCUT2D eigenvalue weighted by Gasteiger charge is 2.38. The zero-order chi connectivity index (χ0) is 37.6. The Morgan fingerprint density at radius 3 is 2.42 bits per heavy atom. The number of carbonyl (C=O) groups is 2. The molecule has 0 unspecified atom stereocenters. The molecule has 4 bridgehead atoms. The number of fused-ring (bicyclic) bond motifs is 6. The molecule has 1 saturated heterocycles. The number of ether oxygens (including phenoxy) is 1. The highest BCUT2D eigenvalue weighted by molar-refractivity contribution is 5.85. The van der Waals surface area contributed by atoms with Crippen molar-refractivity contribution in [3.05, 3.63) is 116 Å². The van der Waals surface area contributed by atoms with Gasteiger partial charge in [-0.3, -0.25) is 23.9 Å². The van der Waals surface area contributed by atoms with Crippen molar-refractivity contribution >= 4 is 11.9 Å². The number of hydrogen-bond acceptors (Lipinski definition) is 6. The van der Waals surface area contributed by atoms with E-state index in [4.69, 9.17) is 4.74 Å². The molecule has 52 heavy (non-hydrogen) atoms. The summed E-state index contributed by atoms with van der Waals surface area (Å²) in [5.41, 5.74) is -2.49. The molecule has 4 aromatic rings. The Morgan fingerprint density at radius 2 is 1.77 bits per heavy atom. The van der Waals surface area contributed by atoms with Crippen LogP contribution in [-0.4, -0.2) is 52.3 Å². The second-order valence-corrected chi connectivity index (χ2v) is 12.9. The second kappa shape index (κ2) is 13.8. The minimum atomic E-state index is -5.00. The Balaban J connectivity index is 1.60. The molecule has 3 heterocycles. The fourth-order valence-corrected chi connectivity index (χ4v) is 6.69. The minimum absolute atomic E-state index is 0.00470. The van der Waals surface area contributed by atoms with Gasteiger partial charge in [-0.15, -0.1) is 0 Å². The molecule has 0 radical (unpaired) electrons. The summed E-state index contributed by atoms with van der Waals surface area (Å²) in [5.74, 6) is -4.69. The largest absolute Gasteiger partial charge is 0.481 e. The van der Waals surface area contributed by atoms with Crippen LogP contribution in [0.15, 0.2) is 59.5 Å². The predicted molar refractivity (Wildman–Crippen MR) is 175 cm³/mol. The fourth-order valence-electron chi connectivity index (χ4n) is 6.69. The third-order valence-electron chi connectivity index (χ3n) is 9.17. The molecule has 2 atom stereocenters. The van der Waals surface area contributed by atoms with E-state index >= 15 is 8.78 Å². The van der Waals surface area contributed by atoms with E-state index in [0.717, 1.165) is 18.3 Å². The number of likely N-dealkylation sites (tertiary alicyclic amines) is 1. The lowest BCUT2D eigenvalue weighted by molar-refractivity contribution is -0.139. The molecule has 3 aromatic carbocycles. The average molecular weight is 725 g/mol. The number of nitrogens with one attached hydrogen (secondary N) is 1. The quantitative estimate of drug-likeness (QED) is 0.217. The summed E-state index contributed by atoms with van der Waals surface area (Å²) in [6.07, 6.45) is -6.55. The first-order chi connectivity index (χ1) is 24.5. The van der Waals surface area contributed by atoms with Crippen LogP contribution in [0, 0.1) is 36.8 Å². The molecular weight excluding hydrogens is 694 g/mol. The number of halogens is 6. The minimum Gasteiger partial charge on any atom is -0.481 e.